The standard InChI is InChI=1S/C12H14FN3O3/c13-10-8-9(4-5-11(10)16(18)19)14-12(17)15-6-2-1-3-7-15/h4-5,8H,1-3,6-7H2,(H,14,17). The quantitative estimate of drug-likeness (QED) is 0.661. The number of nitro benzene ring substituents is 1. The molecule has 7 heteroatoms. The molecule has 102 valence electrons. The number of halogens is 1. The molecule has 2 amide bonds. The Kier molecular flexibility index (Phi) is 3.94. The van der Waals surface area contributed by atoms with E-state index in [0.29, 0.717) is 13.1 Å². The minimum Gasteiger partial charge on any atom is -0.325 e. The van der Waals surface area contributed by atoms with Crippen molar-refractivity contribution in [1.82, 2.24) is 4.90 Å². The van der Waals surface area contributed by atoms with Crippen LogP contribution in [0.3, 0.4) is 0 Å². The highest BCUT2D eigenvalue weighted by molar-refractivity contribution is 5.89. The lowest BCUT2D eigenvalue weighted by Gasteiger charge is -2.26. The minimum atomic E-state index is -0.957. The number of rotatable bonds is 2. The van der Waals surface area contributed by atoms with E-state index in [0.717, 1.165) is 31.4 Å². The van der Waals surface area contributed by atoms with Gasteiger partial charge in [-0.25, -0.2) is 4.79 Å². The smallest absolute Gasteiger partial charge is 0.321 e. The predicted octanol–water partition coefficient (Wildman–Crippen LogP) is 2.75. The second kappa shape index (κ2) is 5.64. The van der Waals surface area contributed by atoms with Gasteiger partial charge in [0.2, 0.25) is 5.82 Å². The van der Waals surface area contributed by atoms with Crippen molar-refractivity contribution in [2.24, 2.45) is 0 Å². The van der Waals surface area contributed by atoms with E-state index in [1.807, 2.05) is 0 Å². The van der Waals surface area contributed by atoms with Crippen molar-refractivity contribution in [2.75, 3.05) is 18.4 Å². The molecule has 0 aromatic heterocycles. The predicted molar refractivity (Wildman–Crippen MR) is 67.5 cm³/mol. The van der Waals surface area contributed by atoms with Crippen molar-refractivity contribution < 1.29 is 14.1 Å². The maximum absolute atomic E-state index is 13.4. The first kappa shape index (κ1) is 13.3. The summed E-state index contributed by atoms with van der Waals surface area (Å²) in [5.74, 6) is -0.957. The van der Waals surface area contributed by atoms with E-state index < -0.39 is 16.4 Å². The van der Waals surface area contributed by atoms with Gasteiger partial charge in [-0.1, -0.05) is 0 Å². The molecule has 0 spiro atoms. The first-order valence-electron chi connectivity index (χ1n) is 6.08. The van der Waals surface area contributed by atoms with E-state index in [4.69, 9.17) is 0 Å². The molecule has 1 heterocycles. The van der Waals surface area contributed by atoms with E-state index in [9.17, 15) is 19.3 Å². The van der Waals surface area contributed by atoms with Gasteiger partial charge in [0.15, 0.2) is 0 Å². The Morgan fingerprint density at radius 3 is 2.58 bits per heavy atom. The molecular formula is C12H14FN3O3. The van der Waals surface area contributed by atoms with Crippen molar-refractivity contribution in [1.29, 1.82) is 0 Å². The number of likely N-dealkylation sites (tertiary alicyclic amines) is 1. The molecule has 0 aliphatic carbocycles. The first-order chi connectivity index (χ1) is 9.08. The van der Waals surface area contributed by atoms with Gasteiger partial charge in [-0.2, -0.15) is 4.39 Å². The van der Waals surface area contributed by atoms with E-state index in [2.05, 4.69) is 5.32 Å². The largest absolute Gasteiger partial charge is 0.325 e. The Balaban J connectivity index is 2.04. The number of amides is 2. The van der Waals surface area contributed by atoms with Crippen LogP contribution < -0.4 is 5.32 Å². The Morgan fingerprint density at radius 2 is 2.00 bits per heavy atom. The van der Waals surface area contributed by atoms with Crippen molar-refractivity contribution in [3.05, 3.63) is 34.1 Å². The normalized spacial score (nSPS) is 15.1. The molecule has 1 aliphatic heterocycles. The fourth-order valence-electron chi connectivity index (χ4n) is 2.03. The molecule has 0 bridgehead atoms. The molecule has 1 fully saturated rings. The van der Waals surface area contributed by atoms with Crippen molar-refractivity contribution >= 4 is 17.4 Å². The van der Waals surface area contributed by atoms with Crippen molar-refractivity contribution in [3.63, 3.8) is 0 Å². The third-order valence-electron chi connectivity index (χ3n) is 3.04. The molecular weight excluding hydrogens is 253 g/mol. The van der Waals surface area contributed by atoms with Gasteiger partial charge in [-0.15, -0.1) is 0 Å². The van der Waals surface area contributed by atoms with Crippen molar-refractivity contribution in [3.8, 4) is 0 Å². The molecule has 19 heavy (non-hydrogen) atoms. The fraction of sp³-hybridized carbons (Fsp3) is 0.417. The summed E-state index contributed by atoms with van der Waals surface area (Å²) in [6, 6.07) is 3.03. The first-order valence-corrected chi connectivity index (χ1v) is 6.08. The number of nitrogens with zero attached hydrogens (tertiary/aromatic N) is 2. The van der Waals surface area contributed by atoms with Crippen LogP contribution in [0.5, 0.6) is 0 Å². The zero-order valence-corrected chi connectivity index (χ0v) is 10.3. The molecule has 0 saturated carbocycles. The number of hydrogen-bond acceptors (Lipinski definition) is 3. The highest BCUT2D eigenvalue weighted by Gasteiger charge is 2.18. The Labute approximate surface area is 109 Å². The molecule has 0 radical (unpaired) electrons. The summed E-state index contributed by atoms with van der Waals surface area (Å²) in [5.41, 5.74) is -0.380. The van der Waals surface area contributed by atoms with Crippen LogP contribution in [0.15, 0.2) is 18.2 Å². The third-order valence-corrected chi connectivity index (χ3v) is 3.04. The average molecular weight is 267 g/mol. The number of piperidine rings is 1. The molecule has 0 atom stereocenters. The highest BCUT2D eigenvalue weighted by atomic mass is 19.1. The van der Waals surface area contributed by atoms with Gasteiger partial charge in [0.05, 0.1) is 4.92 Å². The second-order valence-electron chi connectivity index (χ2n) is 4.40. The molecule has 1 aromatic carbocycles. The summed E-state index contributed by atoms with van der Waals surface area (Å²) in [6.45, 7) is 1.36. The number of hydrogen-bond donors (Lipinski definition) is 1. The summed E-state index contributed by atoms with van der Waals surface area (Å²) in [6.07, 6.45) is 3.03. The zero-order chi connectivity index (χ0) is 13.8. The zero-order valence-electron chi connectivity index (χ0n) is 10.3. The van der Waals surface area contributed by atoms with Gasteiger partial charge in [0, 0.05) is 30.9 Å². The summed E-state index contributed by atoms with van der Waals surface area (Å²) < 4.78 is 13.4. The highest BCUT2D eigenvalue weighted by Crippen LogP contribution is 2.21. The molecule has 0 unspecified atom stereocenters. The number of urea groups is 1. The average Bonchev–Trinajstić information content (AvgIpc) is 2.39. The lowest BCUT2D eigenvalue weighted by Crippen LogP contribution is -2.38. The molecule has 6 nitrogen and oxygen atoms in total. The van der Waals surface area contributed by atoms with Gasteiger partial charge < -0.3 is 10.2 Å². The van der Waals surface area contributed by atoms with Crippen LogP contribution in [0.25, 0.3) is 0 Å². The Hall–Kier alpha value is -2.18. The number of benzene rings is 1. The topological polar surface area (TPSA) is 75.5 Å². The maximum Gasteiger partial charge on any atom is 0.321 e. The Bertz CT molecular complexity index is 501. The number of nitrogens with one attached hydrogen (secondary N) is 1. The van der Waals surface area contributed by atoms with Gasteiger partial charge >= 0.3 is 11.7 Å². The van der Waals surface area contributed by atoms with Gasteiger partial charge in [0.25, 0.3) is 0 Å². The molecule has 2 rings (SSSR count). The van der Waals surface area contributed by atoms with E-state index in [-0.39, 0.29) is 11.7 Å². The number of nitro groups is 1. The summed E-state index contributed by atoms with van der Waals surface area (Å²) in [5, 5.41) is 13.0. The van der Waals surface area contributed by atoms with Gasteiger partial charge in [-0.3, -0.25) is 10.1 Å². The fourth-order valence-corrected chi connectivity index (χ4v) is 2.03. The van der Waals surface area contributed by atoms with Crippen molar-refractivity contribution in [2.45, 2.75) is 19.3 Å². The summed E-state index contributed by atoms with van der Waals surface area (Å²) in [7, 11) is 0. The summed E-state index contributed by atoms with van der Waals surface area (Å²) in [4.78, 5) is 23.2. The van der Waals surface area contributed by atoms with Gasteiger partial charge in [0.1, 0.15) is 0 Å². The van der Waals surface area contributed by atoms with Crippen LogP contribution in [-0.4, -0.2) is 28.9 Å². The summed E-state index contributed by atoms with van der Waals surface area (Å²) >= 11 is 0. The Morgan fingerprint density at radius 1 is 1.32 bits per heavy atom. The van der Waals surface area contributed by atoms with E-state index in [1.54, 1.807) is 4.90 Å². The van der Waals surface area contributed by atoms with Crippen LogP contribution in [0, 0.1) is 15.9 Å². The maximum atomic E-state index is 13.4. The third kappa shape index (κ3) is 3.18. The molecule has 1 saturated heterocycles. The van der Waals surface area contributed by atoms with Gasteiger partial charge in [-0.05, 0) is 25.3 Å². The second-order valence-corrected chi connectivity index (χ2v) is 4.40. The van der Waals surface area contributed by atoms with Crippen LogP contribution >= 0.6 is 0 Å². The minimum absolute atomic E-state index is 0.221. The number of carbonyl (C=O) groups excluding carboxylic acids is 1. The number of anilines is 1. The van der Waals surface area contributed by atoms with Crippen LogP contribution in [0.1, 0.15) is 19.3 Å². The van der Waals surface area contributed by atoms with Crippen LogP contribution in [0.4, 0.5) is 20.6 Å². The van der Waals surface area contributed by atoms with E-state index >= 15 is 0 Å². The van der Waals surface area contributed by atoms with E-state index in [1.165, 1.54) is 6.07 Å². The lowest BCUT2D eigenvalue weighted by atomic mass is 10.1. The van der Waals surface area contributed by atoms with Crippen LogP contribution in [0.2, 0.25) is 0 Å². The molecule has 1 N–H and O–H groups in total. The molecule has 1 aliphatic rings. The SMILES string of the molecule is O=C(Nc1ccc([N+](=O)[O-])c(F)c1)N1CCCCC1. The molecule has 1 aromatic rings. The lowest BCUT2D eigenvalue weighted by molar-refractivity contribution is -0.387. The number of carbonyl (C=O) groups is 1. The monoisotopic (exact) mass is 267 g/mol. The van der Waals surface area contributed by atoms with Crippen LogP contribution in [-0.2, 0) is 0 Å².